The summed E-state index contributed by atoms with van der Waals surface area (Å²) in [6.45, 7) is 0.435. The molecule has 1 aromatic rings. The van der Waals surface area contributed by atoms with Crippen LogP contribution in [-0.4, -0.2) is 19.7 Å². The summed E-state index contributed by atoms with van der Waals surface area (Å²) in [5.41, 5.74) is 0.878. The minimum atomic E-state index is -0.266. The molecule has 0 spiro atoms. The first-order chi connectivity index (χ1) is 7.61. The number of carbonyl (C=O) groups is 1. The molecular weight excluding hydrogens is 251 g/mol. The Kier molecular flexibility index (Phi) is 3.26. The molecular formula is C11H10Cl2O3. The molecule has 1 heterocycles. The second-order valence-electron chi connectivity index (χ2n) is 3.59. The van der Waals surface area contributed by atoms with Gasteiger partial charge in [0.25, 0.3) is 0 Å². The summed E-state index contributed by atoms with van der Waals surface area (Å²) in [5, 5.41) is 1.03. The highest BCUT2D eigenvalue weighted by Crippen LogP contribution is 2.42. The lowest BCUT2D eigenvalue weighted by molar-refractivity contribution is -0.141. The van der Waals surface area contributed by atoms with Gasteiger partial charge in [-0.15, -0.1) is 0 Å². The normalized spacial score (nSPS) is 17.8. The van der Waals surface area contributed by atoms with E-state index < -0.39 is 0 Å². The predicted octanol–water partition coefficient (Wildman–Crippen LogP) is 3.03. The molecule has 0 saturated carbocycles. The molecule has 16 heavy (non-hydrogen) atoms. The zero-order valence-electron chi connectivity index (χ0n) is 8.63. The lowest BCUT2D eigenvalue weighted by Crippen LogP contribution is -2.09. The van der Waals surface area contributed by atoms with Crippen LogP contribution in [0.3, 0.4) is 0 Å². The average Bonchev–Trinajstić information content (AvgIpc) is 2.61. The summed E-state index contributed by atoms with van der Waals surface area (Å²) < 4.78 is 10.1. The molecule has 0 aromatic heterocycles. The van der Waals surface area contributed by atoms with Crippen LogP contribution in [0.25, 0.3) is 0 Å². The van der Waals surface area contributed by atoms with Crippen molar-refractivity contribution in [1.29, 1.82) is 0 Å². The SMILES string of the molecule is COC(=O)C[C@@H]1COc2c(Cl)cc(Cl)cc21. The Balaban J connectivity index is 2.28. The zero-order valence-corrected chi connectivity index (χ0v) is 10.1. The fraction of sp³-hybridized carbons (Fsp3) is 0.364. The van der Waals surface area contributed by atoms with Crippen molar-refractivity contribution in [3.05, 3.63) is 27.7 Å². The monoisotopic (exact) mass is 260 g/mol. The number of halogens is 2. The van der Waals surface area contributed by atoms with Crippen molar-refractivity contribution < 1.29 is 14.3 Å². The highest BCUT2D eigenvalue weighted by atomic mass is 35.5. The molecule has 1 aromatic carbocycles. The van der Waals surface area contributed by atoms with Gasteiger partial charge in [-0.25, -0.2) is 0 Å². The lowest BCUT2D eigenvalue weighted by atomic mass is 9.98. The van der Waals surface area contributed by atoms with Crippen molar-refractivity contribution in [3.8, 4) is 5.75 Å². The van der Waals surface area contributed by atoms with E-state index in [-0.39, 0.29) is 18.3 Å². The molecule has 0 bridgehead atoms. The molecule has 1 atom stereocenters. The van der Waals surface area contributed by atoms with Crippen LogP contribution in [0.1, 0.15) is 17.9 Å². The van der Waals surface area contributed by atoms with Gasteiger partial charge in [0.05, 0.1) is 25.2 Å². The topological polar surface area (TPSA) is 35.5 Å². The Hall–Kier alpha value is -0.930. The molecule has 0 radical (unpaired) electrons. The second-order valence-corrected chi connectivity index (χ2v) is 4.44. The maximum absolute atomic E-state index is 11.2. The van der Waals surface area contributed by atoms with Crippen LogP contribution in [0.5, 0.6) is 5.75 Å². The Morgan fingerprint density at radius 2 is 2.31 bits per heavy atom. The minimum Gasteiger partial charge on any atom is -0.491 e. The van der Waals surface area contributed by atoms with Gasteiger partial charge in [-0.3, -0.25) is 4.79 Å². The third-order valence-corrected chi connectivity index (χ3v) is 3.05. The van der Waals surface area contributed by atoms with Crippen molar-refractivity contribution in [3.63, 3.8) is 0 Å². The Labute approximate surface area is 103 Å². The van der Waals surface area contributed by atoms with E-state index in [2.05, 4.69) is 4.74 Å². The third-order valence-electron chi connectivity index (χ3n) is 2.55. The van der Waals surface area contributed by atoms with E-state index in [9.17, 15) is 4.79 Å². The first-order valence-electron chi connectivity index (χ1n) is 4.80. The van der Waals surface area contributed by atoms with Gasteiger partial charge in [0.15, 0.2) is 0 Å². The number of rotatable bonds is 2. The molecule has 0 unspecified atom stereocenters. The van der Waals surface area contributed by atoms with Gasteiger partial charge in [0.1, 0.15) is 5.75 Å². The summed E-state index contributed by atoms with van der Waals surface area (Å²) in [4.78, 5) is 11.2. The van der Waals surface area contributed by atoms with E-state index in [1.807, 2.05) is 0 Å². The molecule has 0 fully saturated rings. The van der Waals surface area contributed by atoms with Gasteiger partial charge in [-0.05, 0) is 12.1 Å². The number of carbonyl (C=O) groups excluding carboxylic acids is 1. The van der Waals surface area contributed by atoms with E-state index >= 15 is 0 Å². The van der Waals surface area contributed by atoms with Crippen molar-refractivity contribution in [2.45, 2.75) is 12.3 Å². The van der Waals surface area contributed by atoms with Gasteiger partial charge >= 0.3 is 5.97 Å². The van der Waals surface area contributed by atoms with Gasteiger partial charge in [-0.2, -0.15) is 0 Å². The maximum Gasteiger partial charge on any atom is 0.306 e. The summed E-state index contributed by atoms with van der Waals surface area (Å²) in [6, 6.07) is 3.41. The number of methoxy groups -OCH3 is 1. The van der Waals surface area contributed by atoms with E-state index in [1.54, 1.807) is 12.1 Å². The quantitative estimate of drug-likeness (QED) is 0.767. The largest absolute Gasteiger partial charge is 0.491 e. The van der Waals surface area contributed by atoms with Crippen LogP contribution in [0, 0.1) is 0 Å². The minimum absolute atomic E-state index is 0.0290. The molecule has 0 amide bonds. The predicted molar refractivity (Wildman–Crippen MR) is 61.3 cm³/mol. The molecule has 3 nitrogen and oxygen atoms in total. The third kappa shape index (κ3) is 2.11. The van der Waals surface area contributed by atoms with Crippen molar-refractivity contribution in [1.82, 2.24) is 0 Å². The van der Waals surface area contributed by atoms with Crippen LogP contribution in [0.2, 0.25) is 10.0 Å². The number of hydrogen-bond acceptors (Lipinski definition) is 3. The van der Waals surface area contributed by atoms with Gasteiger partial charge < -0.3 is 9.47 Å². The second kappa shape index (κ2) is 4.52. The smallest absolute Gasteiger partial charge is 0.306 e. The van der Waals surface area contributed by atoms with Crippen molar-refractivity contribution in [2.75, 3.05) is 13.7 Å². The van der Waals surface area contributed by atoms with Crippen LogP contribution in [0.15, 0.2) is 12.1 Å². The fourth-order valence-corrected chi connectivity index (χ4v) is 2.33. The van der Waals surface area contributed by atoms with Crippen LogP contribution < -0.4 is 4.74 Å². The highest BCUT2D eigenvalue weighted by molar-refractivity contribution is 6.35. The van der Waals surface area contributed by atoms with E-state index in [0.717, 1.165) is 5.56 Å². The molecule has 1 aliphatic rings. The zero-order chi connectivity index (χ0) is 11.7. The molecule has 0 aliphatic carbocycles. The van der Waals surface area contributed by atoms with E-state index in [4.69, 9.17) is 27.9 Å². The first-order valence-corrected chi connectivity index (χ1v) is 5.56. The van der Waals surface area contributed by atoms with Crippen molar-refractivity contribution in [2.24, 2.45) is 0 Å². The van der Waals surface area contributed by atoms with Gasteiger partial charge in [0, 0.05) is 16.5 Å². The maximum atomic E-state index is 11.2. The number of benzene rings is 1. The highest BCUT2D eigenvalue weighted by Gasteiger charge is 2.29. The standard InChI is InChI=1S/C11H10Cl2O3/c1-15-10(14)2-6-5-16-11-8(6)3-7(12)4-9(11)13/h3-4,6H,2,5H2,1H3/t6-/m1/s1. The summed E-state index contributed by atoms with van der Waals surface area (Å²) in [5.74, 6) is 0.330. The first kappa shape index (κ1) is 11.6. The average molecular weight is 261 g/mol. The van der Waals surface area contributed by atoms with Gasteiger partial charge in [-0.1, -0.05) is 23.2 Å². The molecule has 5 heteroatoms. The van der Waals surface area contributed by atoms with Gasteiger partial charge in [0.2, 0.25) is 0 Å². The van der Waals surface area contributed by atoms with E-state index in [1.165, 1.54) is 7.11 Å². The summed E-state index contributed by atoms with van der Waals surface area (Å²) in [6.07, 6.45) is 0.278. The number of fused-ring (bicyclic) bond motifs is 1. The number of esters is 1. The molecule has 1 aliphatic heterocycles. The summed E-state index contributed by atoms with van der Waals surface area (Å²) >= 11 is 11.9. The number of ether oxygens (including phenoxy) is 2. The van der Waals surface area contributed by atoms with E-state index in [0.29, 0.717) is 22.4 Å². The molecule has 0 saturated heterocycles. The van der Waals surface area contributed by atoms with Crippen LogP contribution in [-0.2, 0) is 9.53 Å². The Morgan fingerprint density at radius 1 is 1.56 bits per heavy atom. The lowest BCUT2D eigenvalue weighted by Gasteiger charge is -2.07. The van der Waals surface area contributed by atoms with Crippen LogP contribution >= 0.6 is 23.2 Å². The number of hydrogen-bond donors (Lipinski definition) is 0. The summed E-state index contributed by atoms with van der Waals surface area (Å²) in [7, 11) is 1.37. The van der Waals surface area contributed by atoms with Crippen molar-refractivity contribution >= 4 is 29.2 Å². The molecule has 86 valence electrons. The molecule has 2 rings (SSSR count). The Morgan fingerprint density at radius 3 is 3.00 bits per heavy atom. The molecule has 0 N–H and O–H groups in total. The van der Waals surface area contributed by atoms with Crippen LogP contribution in [0.4, 0.5) is 0 Å². The fourth-order valence-electron chi connectivity index (χ4n) is 1.76. The Bertz CT molecular complexity index is 431.